The van der Waals surface area contributed by atoms with E-state index in [2.05, 4.69) is 0 Å². The summed E-state index contributed by atoms with van der Waals surface area (Å²) < 4.78 is 33.1. The molecule has 0 saturated carbocycles. The number of nitrogens with two attached hydrogens (primary N) is 1. The summed E-state index contributed by atoms with van der Waals surface area (Å²) >= 11 is 0. The maximum absolute atomic E-state index is 13.3. The Balaban J connectivity index is 2.72. The molecule has 7 heteroatoms. The largest absolute Gasteiger partial charge is 0.507 e. The number of Topliss-reactive ketones (excluding diaryl/α,β-unsaturated/α-hetero) is 1. The van der Waals surface area contributed by atoms with Crippen molar-refractivity contribution in [1.82, 2.24) is 0 Å². The molecule has 0 saturated heterocycles. The van der Waals surface area contributed by atoms with Gasteiger partial charge >= 0.3 is 0 Å². The molecule has 1 unspecified atom stereocenters. The van der Waals surface area contributed by atoms with Gasteiger partial charge in [0.15, 0.2) is 5.78 Å². The highest BCUT2D eigenvalue weighted by atomic mass is 32.2. The summed E-state index contributed by atoms with van der Waals surface area (Å²) in [6.07, 6.45) is 0. The summed E-state index contributed by atoms with van der Waals surface area (Å²) in [5, 5.41) is 10.9. The topological polar surface area (TPSA) is 118 Å². The van der Waals surface area contributed by atoms with Crippen LogP contribution in [0, 0.1) is 0 Å². The molecule has 0 aliphatic rings. The SMILES string of the molecule is CC(C(=O)c1cc(N)ccc1S(=O)(=O)O)c1cc(C(C)(C)C)c(O)c(C(C)(C)C)c1. The van der Waals surface area contributed by atoms with Crippen molar-refractivity contribution in [2.24, 2.45) is 0 Å². The maximum atomic E-state index is 13.3. The van der Waals surface area contributed by atoms with E-state index in [9.17, 15) is 22.9 Å². The monoisotopic (exact) mass is 433 g/mol. The molecule has 2 aromatic carbocycles. The molecular formula is C23H31NO5S. The van der Waals surface area contributed by atoms with Crippen LogP contribution in [0.2, 0.25) is 0 Å². The predicted octanol–water partition coefficient (Wildman–Crippen LogP) is 4.80. The molecule has 2 rings (SSSR count). The van der Waals surface area contributed by atoms with E-state index in [0.29, 0.717) is 16.7 Å². The van der Waals surface area contributed by atoms with E-state index in [1.807, 2.05) is 41.5 Å². The standard InChI is InChI=1S/C23H31NO5S/c1-13(20(25)16-12-15(24)8-9-19(16)30(27,28)29)14-10-17(22(2,3)4)21(26)18(11-14)23(5,6)7/h8-13,26H,24H2,1-7H3,(H,27,28,29). The van der Waals surface area contributed by atoms with Gasteiger partial charge in [-0.1, -0.05) is 60.6 Å². The summed E-state index contributed by atoms with van der Waals surface area (Å²) in [4.78, 5) is 12.8. The van der Waals surface area contributed by atoms with E-state index in [1.165, 1.54) is 12.1 Å². The highest BCUT2D eigenvalue weighted by Crippen LogP contribution is 2.41. The predicted molar refractivity (Wildman–Crippen MR) is 119 cm³/mol. The number of ketones is 1. The Labute approximate surface area is 178 Å². The number of rotatable bonds is 4. The highest BCUT2D eigenvalue weighted by Gasteiger charge is 2.30. The van der Waals surface area contributed by atoms with E-state index in [4.69, 9.17) is 5.73 Å². The van der Waals surface area contributed by atoms with Crippen LogP contribution in [-0.4, -0.2) is 23.9 Å². The Hall–Kier alpha value is -2.38. The van der Waals surface area contributed by atoms with E-state index in [-0.39, 0.29) is 27.8 Å². The van der Waals surface area contributed by atoms with Gasteiger partial charge in [-0.05, 0) is 45.7 Å². The minimum absolute atomic E-state index is 0.160. The van der Waals surface area contributed by atoms with Crippen molar-refractivity contribution in [3.63, 3.8) is 0 Å². The van der Waals surface area contributed by atoms with E-state index < -0.39 is 26.7 Å². The van der Waals surface area contributed by atoms with Crippen molar-refractivity contribution < 1.29 is 22.9 Å². The Kier molecular flexibility index (Phi) is 6.14. The van der Waals surface area contributed by atoms with E-state index in [1.54, 1.807) is 19.1 Å². The van der Waals surface area contributed by atoms with Gasteiger partial charge in [0.25, 0.3) is 10.1 Å². The third kappa shape index (κ3) is 4.84. The number of hydrogen-bond acceptors (Lipinski definition) is 5. The van der Waals surface area contributed by atoms with Gasteiger partial charge in [0, 0.05) is 17.2 Å². The average Bonchev–Trinajstić information content (AvgIpc) is 2.57. The summed E-state index contributed by atoms with van der Waals surface area (Å²) in [6.45, 7) is 13.5. The van der Waals surface area contributed by atoms with Gasteiger partial charge in [-0.15, -0.1) is 0 Å². The molecule has 4 N–H and O–H groups in total. The van der Waals surface area contributed by atoms with Crippen LogP contribution in [0.5, 0.6) is 5.75 Å². The second-order valence-corrected chi connectivity index (χ2v) is 11.2. The van der Waals surface area contributed by atoms with E-state index in [0.717, 1.165) is 6.07 Å². The fourth-order valence-electron chi connectivity index (χ4n) is 3.40. The lowest BCUT2D eigenvalue weighted by atomic mass is 9.76. The van der Waals surface area contributed by atoms with Crippen LogP contribution in [0.15, 0.2) is 35.2 Å². The van der Waals surface area contributed by atoms with Crippen LogP contribution in [-0.2, 0) is 20.9 Å². The first-order chi connectivity index (χ1) is 13.4. The summed E-state index contributed by atoms with van der Waals surface area (Å²) in [7, 11) is -4.60. The Morgan fingerprint density at radius 1 is 0.967 bits per heavy atom. The first-order valence-electron chi connectivity index (χ1n) is 9.73. The summed E-state index contributed by atoms with van der Waals surface area (Å²) in [5.41, 5.74) is 7.13. The minimum Gasteiger partial charge on any atom is -0.507 e. The number of aromatic hydroxyl groups is 1. The lowest BCUT2D eigenvalue weighted by Gasteiger charge is -2.29. The second-order valence-electron chi connectivity index (χ2n) is 9.78. The number of hydrogen-bond donors (Lipinski definition) is 3. The number of phenols is 1. The van der Waals surface area contributed by atoms with Crippen LogP contribution in [0.3, 0.4) is 0 Å². The molecular weight excluding hydrogens is 402 g/mol. The third-order valence-corrected chi connectivity index (χ3v) is 6.10. The molecule has 164 valence electrons. The van der Waals surface area contributed by atoms with Gasteiger partial charge in [0.2, 0.25) is 0 Å². The maximum Gasteiger partial charge on any atom is 0.295 e. The smallest absolute Gasteiger partial charge is 0.295 e. The van der Waals surface area contributed by atoms with Crippen LogP contribution in [0.25, 0.3) is 0 Å². The zero-order chi connectivity index (χ0) is 23.2. The van der Waals surface area contributed by atoms with Crippen LogP contribution in [0.1, 0.15) is 81.4 Å². The Morgan fingerprint density at radius 3 is 1.83 bits per heavy atom. The van der Waals surface area contributed by atoms with Crippen molar-refractivity contribution in [3.05, 3.63) is 52.6 Å². The van der Waals surface area contributed by atoms with Crippen molar-refractivity contribution in [2.75, 3.05) is 5.73 Å². The van der Waals surface area contributed by atoms with Crippen LogP contribution in [0.4, 0.5) is 5.69 Å². The molecule has 1 atom stereocenters. The van der Waals surface area contributed by atoms with Crippen molar-refractivity contribution in [2.45, 2.75) is 70.1 Å². The second kappa shape index (κ2) is 7.71. The zero-order valence-corrected chi connectivity index (χ0v) is 19.4. The number of benzene rings is 2. The van der Waals surface area contributed by atoms with Gasteiger partial charge in [0.1, 0.15) is 10.6 Å². The number of carbonyl (C=O) groups is 1. The Morgan fingerprint density at radius 2 is 1.43 bits per heavy atom. The first kappa shape index (κ1) is 23.9. The molecule has 0 aliphatic carbocycles. The molecule has 6 nitrogen and oxygen atoms in total. The molecule has 0 amide bonds. The zero-order valence-electron chi connectivity index (χ0n) is 18.6. The molecule has 0 bridgehead atoms. The van der Waals surface area contributed by atoms with Gasteiger partial charge in [-0.3, -0.25) is 9.35 Å². The van der Waals surface area contributed by atoms with Crippen molar-refractivity contribution in [1.29, 1.82) is 0 Å². The molecule has 2 aromatic rings. The summed E-state index contributed by atoms with van der Waals surface area (Å²) in [6, 6.07) is 7.28. The number of carbonyl (C=O) groups excluding carboxylic acids is 1. The van der Waals surface area contributed by atoms with Crippen LogP contribution >= 0.6 is 0 Å². The molecule has 0 fully saturated rings. The molecule has 0 heterocycles. The number of phenolic OH excluding ortho intramolecular Hbond substituents is 1. The van der Waals surface area contributed by atoms with Gasteiger partial charge in [-0.2, -0.15) is 8.42 Å². The highest BCUT2D eigenvalue weighted by molar-refractivity contribution is 7.86. The lowest BCUT2D eigenvalue weighted by molar-refractivity contribution is 0.0962. The first-order valence-corrected chi connectivity index (χ1v) is 11.2. The minimum atomic E-state index is -4.60. The van der Waals surface area contributed by atoms with Gasteiger partial charge < -0.3 is 10.8 Å². The molecule has 0 aromatic heterocycles. The van der Waals surface area contributed by atoms with Crippen molar-refractivity contribution in [3.8, 4) is 5.75 Å². The fourth-order valence-corrected chi connectivity index (χ4v) is 4.08. The normalized spacial score (nSPS) is 13.9. The third-order valence-electron chi connectivity index (χ3n) is 5.19. The molecule has 0 radical (unpaired) electrons. The van der Waals surface area contributed by atoms with Gasteiger partial charge in [-0.25, -0.2) is 0 Å². The van der Waals surface area contributed by atoms with E-state index >= 15 is 0 Å². The fraction of sp³-hybridized carbons (Fsp3) is 0.435. The van der Waals surface area contributed by atoms with Gasteiger partial charge in [0.05, 0.1) is 0 Å². The van der Waals surface area contributed by atoms with Crippen molar-refractivity contribution >= 4 is 21.6 Å². The number of nitrogen functional groups attached to an aromatic ring is 1. The summed E-state index contributed by atoms with van der Waals surface area (Å²) in [5.74, 6) is -1.02. The lowest BCUT2D eigenvalue weighted by Crippen LogP contribution is -2.20. The molecule has 0 spiro atoms. The molecule has 30 heavy (non-hydrogen) atoms. The number of anilines is 1. The average molecular weight is 434 g/mol. The Bertz CT molecular complexity index is 1050. The molecule has 0 aliphatic heterocycles. The quantitative estimate of drug-likeness (QED) is 0.362. The van der Waals surface area contributed by atoms with Crippen LogP contribution < -0.4 is 5.73 Å².